The van der Waals surface area contributed by atoms with E-state index in [4.69, 9.17) is 23.2 Å². The molecule has 0 saturated carbocycles. The van der Waals surface area contributed by atoms with Gasteiger partial charge >= 0.3 is 0 Å². The summed E-state index contributed by atoms with van der Waals surface area (Å²) >= 11 is 12.1. The average Bonchev–Trinajstić information content (AvgIpc) is 2.60. The molecule has 25 heavy (non-hydrogen) atoms. The molecule has 3 rings (SSSR count). The Labute approximate surface area is 158 Å². The third-order valence-electron chi connectivity index (χ3n) is 4.44. The first-order valence-corrected chi connectivity index (χ1v) is 9.07. The topological polar surface area (TPSA) is 23.6 Å². The number of halogens is 2. The quantitative estimate of drug-likeness (QED) is 0.683. The lowest BCUT2D eigenvalue weighted by Gasteiger charge is -2.41. The Morgan fingerprint density at radius 1 is 1.20 bits per heavy atom. The van der Waals surface area contributed by atoms with E-state index in [1.165, 1.54) is 0 Å². The fourth-order valence-corrected chi connectivity index (χ4v) is 3.68. The second-order valence-electron chi connectivity index (χ2n) is 6.07. The van der Waals surface area contributed by atoms with E-state index in [1.807, 2.05) is 23.1 Å². The summed E-state index contributed by atoms with van der Waals surface area (Å²) in [5.41, 5.74) is 2.81. The van der Waals surface area contributed by atoms with Crippen LogP contribution in [0.2, 0.25) is 10.0 Å². The summed E-state index contributed by atoms with van der Waals surface area (Å²) in [5, 5.41) is 1.10. The maximum Gasteiger partial charge on any atom is 0.251 e. The third kappa shape index (κ3) is 3.68. The normalized spacial score (nSPS) is 17.0. The molecule has 0 saturated heterocycles. The van der Waals surface area contributed by atoms with Crippen LogP contribution in [0.4, 0.5) is 11.4 Å². The molecule has 1 amide bonds. The van der Waals surface area contributed by atoms with Gasteiger partial charge in [0.25, 0.3) is 5.91 Å². The second-order valence-corrected chi connectivity index (χ2v) is 6.92. The van der Waals surface area contributed by atoms with Gasteiger partial charge in [-0.25, -0.2) is 0 Å². The van der Waals surface area contributed by atoms with Gasteiger partial charge in [-0.1, -0.05) is 41.4 Å². The van der Waals surface area contributed by atoms with Crippen molar-refractivity contribution in [2.45, 2.75) is 19.9 Å². The van der Waals surface area contributed by atoms with Crippen LogP contribution in [0.3, 0.4) is 0 Å². The molecule has 0 aliphatic carbocycles. The van der Waals surface area contributed by atoms with Crippen LogP contribution in [0, 0.1) is 0 Å². The number of carbonyl (C=O) groups is 1. The molecule has 0 bridgehead atoms. The number of anilines is 2. The van der Waals surface area contributed by atoms with Crippen molar-refractivity contribution in [3.05, 3.63) is 64.1 Å². The molecule has 0 N–H and O–H groups in total. The highest BCUT2D eigenvalue weighted by Gasteiger charge is 2.29. The van der Waals surface area contributed by atoms with Gasteiger partial charge in [0.15, 0.2) is 0 Å². The van der Waals surface area contributed by atoms with Crippen molar-refractivity contribution in [2.24, 2.45) is 0 Å². The van der Waals surface area contributed by atoms with Crippen LogP contribution >= 0.6 is 23.2 Å². The van der Waals surface area contributed by atoms with Crippen molar-refractivity contribution >= 4 is 46.6 Å². The highest BCUT2D eigenvalue weighted by atomic mass is 35.5. The van der Waals surface area contributed by atoms with E-state index in [-0.39, 0.29) is 11.9 Å². The first-order valence-electron chi connectivity index (χ1n) is 8.31. The fraction of sp³-hybridized carbons (Fsp3) is 0.250. The number of para-hydroxylation sites is 2. The number of hydrogen-bond donors (Lipinski definition) is 0. The molecule has 0 radical (unpaired) electrons. The third-order valence-corrected chi connectivity index (χ3v) is 5.00. The van der Waals surface area contributed by atoms with Crippen LogP contribution < -0.4 is 9.80 Å². The SMILES string of the molecule is CCN1c2ccccc2N(C(=O)/C=C/c2ccc(Cl)cc2Cl)CC1C. The number of nitrogens with zero attached hydrogens (tertiary/aromatic N) is 2. The molecular weight excluding hydrogens is 355 g/mol. The minimum absolute atomic E-state index is 0.0546. The van der Waals surface area contributed by atoms with Crippen LogP contribution in [-0.2, 0) is 4.79 Å². The first kappa shape index (κ1) is 17.8. The van der Waals surface area contributed by atoms with Gasteiger partial charge in [0.05, 0.1) is 11.4 Å². The summed E-state index contributed by atoms with van der Waals surface area (Å²) in [6, 6.07) is 13.5. The summed E-state index contributed by atoms with van der Waals surface area (Å²) in [6.07, 6.45) is 3.31. The molecule has 0 spiro atoms. The number of hydrogen-bond acceptors (Lipinski definition) is 2. The highest BCUT2D eigenvalue weighted by Crippen LogP contribution is 2.35. The van der Waals surface area contributed by atoms with Crippen molar-refractivity contribution in [2.75, 3.05) is 22.9 Å². The lowest BCUT2D eigenvalue weighted by molar-refractivity contribution is -0.114. The summed E-state index contributed by atoms with van der Waals surface area (Å²) in [6.45, 7) is 5.84. The number of amides is 1. The first-order chi connectivity index (χ1) is 12.0. The van der Waals surface area contributed by atoms with Crippen LogP contribution in [0.5, 0.6) is 0 Å². The van der Waals surface area contributed by atoms with Gasteiger partial charge in [-0.3, -0.25) is 4.79 Å². The van der Waals surface area contributed by atoms with E-state index >= 15 is 0 Å². The summed E-state index contributed by atoms with van der Waals surface area (Å²) in [7, 11) is 0. The van der Waals surface area contributed by atoms with Crippen LogP contribution in [0.25, 0.3) is 6.08 Å². The minimum atomic E-state index is -0.0546. The monoisotopic (exact) mass is 374 g/mol. The summed E-state index contributed by atoms with van der Waals surface area (Å²) in [4.78, 5) is 16.9. The van der Waals surface area contributed by atoms with E-state index in [0.29, 0.717) is 16.6 Å². The maximum absolute atomic E-state index is 12.8. The highest BCUT2D eigenvalue weighted by molar-refractivity contribution is 6.35. The summed E-state index contributed by atoms with van der Waals surface area (Å²) < 4.78 is 0. The fourth-order valence-electron chi connectivity index (χ4n) is 3.21. The molecule has 1 aliphatic heterocycles. The largest absolute Gasteiger partial charge is 0.366 e. The minimum Gasteiger partial charge on any atom is -0.366 e. The number of carbonyl (C=O) groups excluding carboxylic acids is 1. The van der Waals surface area contributed by atoms with Crippen molar-refractivity contribution < 1.29 is 4.79 Å². The van der Waals surface area contributed by atoms with Gasteiger partial charge < -0.3 is 9.80 Å². The van der Waals surface area contributed by atoms with Crippen LogP contribution in [0.1, 0.15) is 19.4 Å². The molecule has 1 unspecified atom stereocenters. The van der Waals surface area contributed by atoms with E-state index in [1.54, 1.807) is 30.4 Å². The molecule has 2 aromatic rings. The van der Waals surface area contributed by atoms with Gasteiger partial charge in [-0.2, -0.15) is 0 Å². The predicted molar refractivity (Wildman–Crippen MR) is 107 cm³/mol. The molecule has 0 aromatic heterocycles. The Bertz CT molecular complexity index is 819. The zero-order valence-electron chi connectivity index (χ0n) is 14.2. The maximum atomic E-state index is 12.8. The molecular formula is C20H20Cl2N2O. The molecule has 2 aromatic carbocycles. The van der Waals surface area contributed by atoms with Crippen molar-refractivity contribution in [1.29, 1.82) is 0 Å². The zero-order valence-corrected chi connectivity index (χ0v) is 15.8. The van der Waals surface area contributed by atoms with E-state index in [9.17, 15) is 4.79 Å². The van der Waals surface area contributed by atoms with E-state index < -0.39 is 0 Å². The lowest BCUT2D eigenvalue weighted by atomic mass is 10.1. The molecule has 1 heterocycles. The number of rotatable bonds is 3. The van der Waals surface area contributed by atoms with Crippen molar-refractivity contribution in [3.8, 4) is 0 Å². The standard InChI is InChI=1S/C20H20Cl2N2O/c1-3-23-14(2)13-24(19-7-5-4-6-18(19)23)20(25)11-9-15-8-10-16(21)12-17(15)22/h4-12,14H,3,13H2,1-2H3/b11-9+. The predicted octanol–water partition coefficient (Wildman–Crippen LogP) is 5.27. The van der Waals surface area contributed by atoms with Gasteiger partial charge in [0.2, 0.25) is 0 Å². The Hall–Kier alpha value is -1.97. The molecule has 1 aliphatic rings. The molecule has 1 atom stereocenters. The van der Waals surface area contributed by atoms with Crippen molar-refractivity contribution in [1.82, 2.24) is 0 Å². The van der Waals surface area contributed by atoms with E-state index in [0.717, 1.165) is 23.5 Å². The zero-order chi connectivity index (χ0) is 18.0. The Morgan fingerprint density at radius 2 is 1.92 bits per heavy atom. The number of likely N-dealkylation sites (N-methyl/N-ethyl adjacent to an activating group) is 1. The Kier molecular flexibility index (Phi) is 5.36. The van der Waals surface area contributed by atoms with Gasteiger partial charge in [0, 0.05) is 35.3 Å². The number of fused-ring (bicyclic) bond motifs is 1. The van der Waals surface area contributed by atoms with Crippen LogP contribution in [0.15, 0.2) is 48.5 Å². The van der Waals surface area contributed by atoms with Gasteiger partial charge in [-0.05, 0) is 49.8 Å². The average molecular weight is 375 g/mol. The molecule has 130 valence electrons. The van der Waals surface area contributed by atoms with Gasteiger partial charge in [-0.15, -0.1) is 0 Å². The van der Waals surface area contributed by atoms with Crippen molar-refractivity contribution in [3.63, 3.8) is 0 Å². The smallest absolute Gasteiger partial charge is 0.251 e. The Balaban J connectivity index is 1.88. The Morgan fingerprint density at radius 3 is 2.60 bits per heavy atom. The molecule has 0 fully saturated rings. The summed E-state index contributed by atoms with van der Waals surface area (Å²) in [5.74, 6) is -0.0546. The molecule has 3 nitrogen and oxygen atoms in total. The second kappa shape index (κ2) is 7.51. The van der Waals surface area contributed by atoms with E-state index in [2.05, 4.69) is 24.8 Å². The molecule has 5 heteroatoms. The van der Waals surface area contributed by atoms with Crippen LogP contribution in [-0.4, -0.2) is 25.0 Å². The lowest BCUT2D eigenvalue weighted by Crippen LogP contribution is -2.49. The van der Waals surface area contributed by atoms with Gasteiger partial charge in [0.1, 0.15) is 0 Å². The number of benzene rings is 2.